The molecule has 0 fully saturated rings. The van der Waals surface area contributed by atoms with Gasteiger partial charge in [-0.3, -0.25) is 4.79 Å². The van der Waals surface area contributed by atoms with Crippen LogP contribution in [0.4, 0.5) is 0 Å². The molecule has 4 nitrogen and oxygen atoms in total. The van der Waals surface area contributed by atoms with Gasteiger partial charge in [-0.05, 0) is 72.1 Å². The molecule has 0 amide bonds. The van der Waals surface area contributed by atoms with Gasteiger partial charge in [0, 0.05) is 19.5 Å². The van der Waals surface area contributed by atoms with Gasteiger partial charge in [0.05, 0.1) is 0 Å². The van der Waals surface area contributed by atoms with Crippen molar-refractivity contribution in [3.05, 3.63) is 0 Å². The number of carbonyl (C=O) groups is 1. The summed E-state index contributed by atoms with van der Waals surface area (Å²) in [5.74, 6) is 0.0514. The lowest BCUT2D eigenvalue weighted by molar-refractivity contribution is -0.150. The maximum absolute atomic E-state index is 12.6. The van der Waals surface area contributed by atoms with Gasteiger partial charge in [-0.15, -0.1) is 0 Å². The van der Waals surface area contributed by atoms with Crippen LogP contribution >= 0.6 is 0 Å². The van der Waals surface area contributed by atoms with Crippen molar-refractivity contribution in [2.75, 3.05) is 40.3 Å². The molecule has 0 saturated heterocycles. The van der Waals surface area contributed by atoms with Gasteiger partial charge >= 0.3 is 5.97 Å². The molecule has 0 radical (unpaired) electrons. The standard InChI is InChI=1S/C34H70N2O2/c1-6-9-12-15-17-21-26-33(27-22-18-16-13-10-7-2)38-34(37)28-23-19-20-25-30-36(32-31-35(4)5)29-24-14-11-8-3/h33H,6-32H2,1-5H3. The van der Waals surface area contributed by atoms with E-state index in [0.29, 0.717) is 6.42 Å². The van der Waals surface area contributed by atoms with Gasteiger partial charge in [-0.25, -0.2) is 0 Å². The molecule has 0 aliphatic rings. The van der Waals surface area contributed by atoms with E-state index in [-0.39, 0.29) is 12.1 Å². The molecular weight excluding hydrogens is 468 g/mol. The summed E-state index contributed by atoms with van der Waals surface area (Å²) in [6.45, 7) is 11.6. The number of ether oxygens (including phenoxy) is 1. The Balaban J connectivity index is 4.20. The highest BCUT2D eigenvalue weighted by molar-refractivity contribution is 5.69. The average molecular weight is 539 g/mol. The third kappa shape index (κ3) is 27.0. The van der Waals surface area contributed by atoms with E-state index in [1.54, 1.807) is 0 Å². The summed E-state index contributed by atoms with van der Waals surface area (Å²) in [4.78, 5) is 17.6. The summed E-state index contributed by atoms with van der Waals surface area (Å²) >= 11 is 0. The molecule has 0 rings (SSSR count). The molecule has 0 aliphatic heterocycles. The third-order valence-corrected chi connectivity index (χ3v) is 7.85. The Hall–Kier alpha value is -0.610. The second kappa shape index (κ2) is 29.4. The second-order valence-electron chi connectivity index (χ2n) is 12.1. The summed E-state index contributed by atoms with van der Waals surface area (Å²) in [6.07, 6.45) is 28.5. The molecule has 0 spiro atoms. The first kappa shape index (κ1) is 37.4. The summed E-state index contributed by atoms with van der Waals surface area (Å²) in [5.41, 5.74) is 0. The summed E-state index contributed by atoms with van der Waals surface area (Å²) in [7, 11) is 4.33. The van der Waals surface area contributed by atoms with Crippen molar-refractivity contribution in [3.63, 3.8) is 0 Å². The van der Waals surface area contributed by atoms with Crippen LogP contribution in [0.5, 0.6) is 0 Å². The monoisotopic (exact) mass is 539 g/mol. The fraction of sp³-hybridized carbons (Fsp3) is 0.971. The minimum atomic E-state index is 0.0514. The van der Waals surface area contributed by atoms with Crippen LogP contribution in [0.1, 0.15) is 168 Å². The van der Waals surface area contributed by atoms with Crippen molar-refractivity contribution in [2.45, 2.75) is 175 Å². The zero-order chi connectivity index (χ0) is 28.1. The number of unbranched alkanes of at least 4 members (excludes halogenated alkanes) is 16. The van der Waals surface area contributed by atoms with E-state index in [4.69, 9.17) is 4.74 Å². The van der Waals surface area contributed by atoms with Gasteiger partial charge in [0.2, 0.25) is 0 Å². The number of rotatable bonds is 30. The lowest BCUT2D eigenvalue weighted by Gasteiger charge is -2.24. The second-order valence-corrected chi connectivity index (χ2v) is 12.1. The van der Waals surface area contributed by atoms with Gasteiger partial charge in [0.25, 0.3) is 0 Å². The minimum absolute atomic E-state index is 0.0514. The minimum Gasteiger partial charge on any atom is -0.462 e. The SMILES string of the molecule is CCCCCCCCC(CCCCCCCC)OC(=O)CCCCCCN(CCCCCC)CCN(C)C. The Morgan fingerprint density at radius 2 is 0.947 bits per heavy atom. The highest BCUT2D eigenvalue weighted by atomic mass is 16.5. The van der Waals surface area contributed by atoms with Crippen molar-refractivity contribution in [2.24, 2.45) is 0 Å². The molecular formula is C34H70N2O2. The molecule has 0 heterocycles. The van der Waals surface area contributed by atoms with E-state index in [1.165, 1.54) is 135 Å². The molecule has 0 aromatic rings. The first-order valence-corrected chi connectivity index (χ1v) is 17.1. The predicted octanol–water partition coefficient (Wildman–Crippen LogP) is 9.79. The van der Waals surface area contributed by atoms with E-state index in [1.807, 2.05) is 0 Å². The third-order valence-electron chi connectivity index (χ3n) is 7.85. The van der Waals surface area contributed by atoms with Crippen LogP contribution in [-0.2, 0) is 9.53 Å². The average Bonchev–Trinajstić information content (AvgIpc) is 2.90. The Kier molecular flexibility index (Phi) is 28.9. The largest absolute Gasteiger partial charge is 0.462 e. The summed E-state index contributed by atoms with van der Waals surface area (Å²) in [5, 5.41) is 0. The smallest absolute Gasteiger partial charge is 0.306 e. The van der Waals surface area contributed by atoms with Gasteiger partial charge < -0.3 is 14.5 Å². The van der Waals surface area contributed by atoms with Crippen molar-refractivity contribution in [1.29, 1.82) is 0 Å². The first-order chi connectivity index (χ1) is 18.5. The molecule has 228 valence electrons. The highest BCUT2D eigenvalue weighted by Gasteiger charge is 2.14. The maximum atomic E-state index is 12.6. The molecule has 0 aromatic heterocycles. The Labute approximate surface area is 240 Å². The highest BCUT2D eigenvalue weighted by Crippen LogP contribution is 2.18. The molecule has 0 aliphatic carbocycles. The summed E-state index contributed by atoms with van der Waals surface area (Å²) < 4.78 is 6.02. The number of carbonyl (C=O) groups excluding carboxylic acids is 1. The Bertz CT molecular complexity index is 467. The van der Waals surface area contributed by atoms with E-state index in [9.17, 15) is 4.79 Å². The lowest BCUT2D eigenvalue weighted by atomic mass is 10.0. The van der Waals surface area contributed by atoms with Crippen LogP contribution < -0.4 is 0 Å². The Morgan fingerprint density at radius 1 is 0.526 bits per heavy atom. The normalized spacial score (nSPS) is 11.8. The number of esters is 1. The van der Waals surface area contributed by atoms with Crippen LogP contribution in [0.3, 0.4) is 0 Å². The van der Waals surface area contributed by atoms with Crippen molar-refractivity contribution < 1.29 is 9.53 Å². The molecule has 0 N–H and O–H groups in total. The van der Waals surface area contributed by atoms with Gasteiger partial charge in [0.1, 0.15) is 6.10 Å². The van der Waals surface area contributed by atoms with Crippen molar-refractivity contribution in [1.82, 2.24) is 9.80 Å². The first-order valence-electron chi connectivity index (χ1n) is 17.1. The molecule has 0 unspecified atom stereocenters. The van der Waals surface area contributed by atoms with Crippen LogP contribution in [0.2, 0.25) is 0 Å². The predicted molar refractivity (Wildman–Crippen MR) is 168 cm³/mol. The fourth-order valence-corrected chi connectivity index (χ4v) is 5.21. The van der Waals surface area contributed by atoms with E-state index in [2.05, 4.69) is 44.7 Å². The van der Waals surface area contributed by atoms with Crippen LogP contribution in [0.15, 0.2) is 0 Å². The van der Waals surface area contributed by atoms with Crippen LogP contribution in [0.25, 0.3) is 0 Å². The quantitative estimate of drug-likeness (QED) is 0.0673. The molecule has 4 heteroatoms. The fourth-order valence-electron chi connectivity index (χ4n) is 5.21. The van der Waals surface area contributed by atoms with Gasteiger partial charge in [-0.1, -0.05) is 117 Å². The van der Waals surface area contributed by atoms with Gasteiger partial charge in [0.15, 0.2) is 0 Å². The lowest BCUT2D eigenvalue weighted by Crippen LogP contribution is -2.33. The van der Waals surface area contributed by atoms with Gasteiger partial charge in [-0.2, -0.15) is 0 Å². The van der Waals surface area contributed by atoms with E-state index < -0.39 is 0 Å². The number of hydrogen-bond donors (Lipinski definition) is 0. The van der Waals surface area contributed by atoms with Crippen LogP contribution in [0, 0.1) is 0 Å². The molecule has 0 aromatic carbocycles. The van der Waals surface area contributed by atoms with Crippen molar-refractivity contribution in [3.8, 4) is 0 Å². The molecule has 0 atom stereocenters. The molecule has 38 heavy (non-hydrogen) atoms. The zero-order valence-corrected chi connectivity index (χ0v) is 26.9. The van der Waals surface area contributed by atoms with Crippen LogP contribution in [-0.4, -0.2) is 62.1 Å². The zero-order valence-electron chi connectivity index (χ0n) is 26.9. The van der Waals surface area contributed by atoms with Crippen molar-refractivity contribution >= 4 is 5.97 Å². The maximum Gasteiger partial charge on any atom is 0.306 e. The summed E-state index contributed by atoms with van der Waals surface area (Å²) in [6, 6.07) is 0. The van der Waals surface area contributed by atoms with E-state index in [0.717, 1.165) is 32.2 Å². The number of likely N-dealkylation sites (N-methyl/N-ethyl adjacent to an activating group) is 1. The topological polar surface area (TPSA) is 32.8 Å². The van der Waals surface area contributed by atoms with E-state index >= 15 is 0 Å². The Morgan fingerprint density at radius 3 is 1.45 bits per heavy atom. The number of hydrogen-bond acceptors (Lipinski definition) is 4. The molecule has 0 saturated carbocycles. The molecule has 0 bridgehead atoms. The number of nitrogens with zero attached hydrogens (tertiary/aromatic N) is 2.